The number of rotatable bonds is 11. The summed E-state index contributed by atoms with van der Waals surface area (Å²) in [5.74, 6) is 0. The first-order valence-corrected chi connectivity index (χ1v) is 8.48. The summed E-state index contributed by atoms with van der Waals surface area (Å²) in [5, 5.41) is 0. The molecule has 0 aromatic carbocycles. The van der Waals surface area contributed by atoms with E-state index in [1.807, 2.05) is 0 Å². The Morgan fingerprint density at radius 2 is 1.00 bits per heavy atom. The normalized spacial score (nSPS) is 13.0. The van der Waals surface area contributed by atoms with Gasteiger partial charge in [0.15, 0.2) is 0 Å². The van der Waals surface area contributed by atoms with E-state index >= 15 is 0 Å². The van der Waals surface area contributed by atoms with Gasteiger partial charge in [0.2, 0.25) is 0 Å². The van der Waals surface area contributed by atoms with E-state index < -0.39 is 0 Å². The number of hydrogen-bond donors (Lipinski definition) is 0. The zero-order chi connectivity index (χ0) is 14.1. The van der Waals surface area contributed by atoms with E-state index in [1.54, 1.807) is 0 Å². The monoisotopic (exact) mass is 256 g/mol. The molecule has 110 valence electrons. The van der Waals surface area contributed by atoms with E-state index in [9.17, 15) is 0 Å². The molecule has 0 aromatic heterocycles. The molecule has 0 saturated heterocycles. The average Bonchev–Trinajstić information content (AvgIpc) is 2.37. The predicted molar refractivity (Wildman–Crippen MR) is 84.0 cm³/mol. The zero-order valence-electron chi connectivity index (χ0n) is 14.0. The van der Waals surface area contributed by atoms with Crippen LogP contribution in [0.3, 0.4) is 0 Å². The van der Waals surface area contributed by atoms with Crippen LogP contribution in [0.15, 0.2) is 0 Å². The highest BCUT2D eigenvalue weighted by atomic mass is 15.4. The third-order valence-electron chi connectivity index (χ3n) is 4.99. The van der Waals surface area contributed by atoms with Gasteiger partial charge in [0.05, 0.1) is 25.2 Å². The minimum Gasteiger partial charge on any atom is -0.319 e. The van der Waals surface area contributed by atoms with E-state index in [4.69, 9.17) is 0 Å². The lowest BCUT2D eigenvalue weighted by Crippen LogP contribution is -2.65. The van der Waals surface area contributed by atoms with Gasteiger partial charge < -0.3 is 4.48 Å². The van der Waals surface area contributed by atoms with Gasteiger partial charge in [-0.3, -0.25) is 0 Å². The van der Waals surface area contributed by atoms with Crippen molar-refractivity contribution >= 4 is 0 Å². The summed E-state index contributed by atoms with van der Waals surface area (Å²) in [6.45, 7) is 18.4. The van der Waals surface area contributed by atoms with Gasteiger partial charge >= 0.3 is 0 Å². The molecule has 0 N–H and O–H groups in total. The molecule has 0 fully saturated rings. The summed E-state index contributed by atoms with van der Waals surface area (Å²) in [6.07, 6.45) is 9.40. The van der Waals surface area contributed by atoms with E-state index in [0.717, 1.165) is 0 Å². The van der Waals surface area contributed by atoms with Crippen LogP contribution in [-0.4, -0.2) is 29.7 Å². The highest BCUT2D eigenvalue weighted by Crippen LogP contribution is 2.37. The molecule has 0 unspecified atom stereocenters. The van der Waals surface area contributed by atoms with Crippen molar-refractivity contribution in [3.63, 3.8) is 0 Å². The lowest BCUT2D eigenvalue weighted by Gasteiger charge is -2.54. The summed E-state index contributed by atoms with van der Waals surface area (Å²) >= 11 is 0. The third-order valence-corrected chi connectivity index (χ3v) is 4.99. The second-order valence-corrected chi connectivity index (χ2v) is 6.00. The smallest absolute Gasteiger partial charge is 0.0987 e. The number of nitrogens with zero attached hydrogens (tertiary/aromatic N) is 1. The van der Waals surface area contributed by atoms with Crippen LogP contribution in [0.2, 0.25) is 0 Å². The molecule has 0 aromatic rings. The van der Waals surface area contributed by atoms with Crippen LogP contribution < -0.4 is 0 Å². The minimum atomic E-state index is 0.538. The van der Waals surface area contributed by atoms with E-state index in [1.165, 1.54) is 69.1 Å². The molecule has 0 radical (unpaired) electrons. The van der Waals surface area contributed by atoms with Crippen molar-refractivity contribution in [1.29, 1.82) is 0 Å². The maximum Gasteiger partial charge on any atom is 0.0987 e. The molecule has 0 rings (SSSR count). The van der Waals surface area contributed by atoms with E-state index in [0.29, 0.717) is 5.54 Å². The van der Waals surface area contributed by atoms with E-state index in [2.05, 4.69) is 41.5 Å². The molecule has 0 amide bonds. The maximum atomic E-state index is 2.42. The maximum absolute atomic E-state index is 2.42. The van der Waals surface area contributed by atoms with Gasteiger partial charge in [-0.05, 0) is 32.1 Å². The fourth-order valence-electron chi connectivity index (χ4n) is 4.31. The van der Waals surface area contributed by atoms with Crippen LogP contribution >= 0.6 is 0 Å². The minimum absolute atomic E-state index is 0.538. The largest absolute Gasteiger partial charge is 0.319 e. The molecule has 1 heteroatoms. The van der Waals surface area contributed by atoms with Crippen molar-refractivity contribution < 1.29 is 4.48 Å². The van der Waals surface area contributed by atoms with Crippen molar-refractivity contribution in [1.82, 2.24) is 0 Å². The Labute approximate surface area is 117 Å². The molecule has 18 heavy (non-hydrogen) atoms. The van der Waals surface area contributed by atoms with Gasteiger partial charge in [0.25, 0.3) is 0 Å². The van der Waals surface area contributed by atoms with Crippen LogP contribution in [0.1, 0.15) is 86.5 Å². The van der Waals surface area contributed by atoms with Crippen LogP contribution in [0.25, 0.3) is 0 Å². The third kappa shape index (κ3) is 3.73. The summed E-state index contributed by atoms with van der Waals surface area (Å²) in [4.78, 5) is 0. The molecule has 0 spiro atoms. The van der Waals surface area contributed by atoms with Crippen LogP contribution in [0, 0.1) is 0 Å². The fraction of sp³-hybridized carbons (Fsp3) is 1.00. The van der Waals surface area contributed by atoms with E-state index in [-0.39, 0.29) is 0 Å². The zero-order valence-corrected chi connectivity index (χ0v) is 14.0. The van der Waals surface area contributed by atoms with Crippen molar-refractivity contribution in [3.05, 3.63) is 0 Å². The average molecular weight is 256 g/mol. The Morgan fingerprint density at radius 3 is 1.22 bits per heavy atom. The molecule has 0 atom stereocenters. The van der Waals surface area contributed by atoms with Crippen molar-refractivity contribution in [2.45, 2.75) is 92.0 Å². The molecule has 0 saturated carbocycles. The molecule has 0 aliphatic heterocycles. The highest BCUT2D eigenvalue weighted by molar-refractivity contribution is 4.79. The Hall–Kier alpha value is -0.0400. The van der Waals surface area contributed by atoms with Gasteiger partial charge in [-0.25, -0.2) is 0 Å². The molecule has 0 aliphatic rings. The van der Waals surface area contributed by atoms with Gasteiger partial charge in [0.1, 0.15) is 0 Å². The first-order valence-electron chi connectivity index (χ1n) is 8.48. The lowest BCUT2D eigenvalue weighted by molar-refractivity contribution is -0.977. The van der Waals surface area contributed by atoms with Gasteiger partial charge in [-0.2, -0.15) is 0 Å². The second kappa shape index (κ2) is 8.96. The quantitative estimate of drug-likeness (QED) is 0.435. The van der Waals surface area contributed by atoms with Crippen LogP contribution in [-0.2, 0) is 0 Å². The van der Waals surface area contributed by atoms with Crippen LogP contribution in [0.4, 0.5) is 0 Å². The standard InChI is InChI=1S/C17H38N/c1-7-13-17(11-5,12-6)18(14-8-2,15-9-3)16-10-4/h7-16H2,1-6H3/q+1. The number of hydrogen-bond acceptors (Lipinski definition) is 0. The molecular formula is C17H38N+. The predicted octanol–water partition coefficient (Wildman–Crippen LogP) is 5.39. The Bertz CT molecular complexity index is 177. The Morgan fingerprint density at radius 1 is 0.611 bits per heavy atom. The topological polar surface area (TPSA) is 0 Å². The summed E-state index contributed by atoms with van der Waals surface area (Å²) in [5.41, 5.74) is 0.538. The summed E-state index contributed by atoms with van der Waals surface area (Å²) < 4.78 is 1.39. The Balaban J connectivity index is 5.40. The first kappa shape index (κ1) is 18.0. The fourth-order valence-corrected chi connectivity index (χ4v) is 4.31. The first-order chi connectivity index (χ1) is 8.61. The van der Waals surface area contributed by atoms with Crippen molar-refractivity contribution in [2.75, 3.05) is 19.6 Å². The molecule has 0 aliphatic carbocycles. The molecule has 0 bridgehead atoms. The molecule has 1 nitrogen and oxygen atoms in total. The van der Waals surface area contributed by atoms with Gasteiger partial charge in [0, 0.05) is 6.42 Å². The van der Waals surface area contributed by atoms with Crippen LogP contribution in [0.5, 0.6) is 0 Å². The molecular weight excluding hydrogens is 218 g/mol. The van der Waals surface area contributed by atoms with Gasteiger partial charge in [-0.15, -0.1) is 0 Å². The second-order valence-electron chi connectivity index (χ2n) is 6.00. The lowest BCUT2D eigenvalue weighted by atomic mass is 9.82. The SMILES string of the molecule is CCCC(CC)(CC)[N+](CCC)(CCC)CCC. The molecule has 0 heterocycles. The summed E-state index contributed by atoms with van der Waals surface area (Å²) in [6, 6.07) is 0. The Kier molecular flexibility index (Phi) is 8.94. The highest BCUT2D eigenvalue weighted by Gasteiger charge is 2.45. The summed E-state index contributed by atoms with van der Waals surface area (Å²) in [7, 11) is 0. The number of quaternary nitrogens is 1. The van der Waals surface area contributed by atoms with Crippen molar-refractivity contribution in [3.8, 4) is 0 Å². The van der Waals surface area contributed by atoms with Gasteiger partial charge in [-0.1, -0.05) is 48.0 Å². The van der Waals surface area contributed by atoms with Crippen molar-refractivity contribution in [2.24, 2.45) is 0 Å².